The maximum atomic E-state index is 13.4. The molecule has 204 valence electrons. The predicted molar refractivity (Wildman–Crippen MR) is 141 cm³/mol. The molecule has 1 aliphatic rings. The minimum absolute atomic E-state index is 0.0786. The number of hydrogen-bond donors (Lipinski definition) is 1. The summed E-state index contributed by atoms with van der Waals surface area (Å²) in [6.45, 7) is 12.1. The molecule has 0 saturated carbocycles. The first-order chi connectivity index (χ1) is 17.4. The van der Waals surface area contributed by atoms with Crippen molar-refractivity contribution in [2.45, 2.75) is 78.6 Å². The molecule has 0 aromatic carbocycles. The Morgan fingerprint density at radius 2 is 1.89 bits per heavy atom. The highest BCUT2D eigenvalue weighted by Crippen LogP contribution is 2.40. The van der Waals surface area contributed by atoms with Crippen molar-refractivity contribution in [2.75, 3.05) is 25.1 Å². The molecule has 0 bridgehead atoms. The summed E-state index contributed by atoms with van der Waals surface area (Å²) in [7, 11) is 1.47. The fourth-order valence-electron chi connectivity index (χ4n) is 3.84. The first kappa shape index (κ1) is 29.0. The van der Waals surface area contributed by atoms with Gasteiger partial charge in [-0.3, -0.25) is 4.90 Å². The molecule has 1 aliphatic heterocycles. The van der Waals surface area contributed by atoms with Crippen molar-refractivity contribution in [3.8, 4) is 11.6 Å². The van der Waals surface area contributed by atoms with Crippen molar-refractivity contribution in [3.05, 3.63) is 28.8 Å². The smallest absolute Gasteiger partial charge is 0.420 e. The normalized spacial score (nSPS) is 15.9. The van der Waals surface area contributed by atoms with Gasteiger partial charge in [0.05, 0.1) is 24.6 Å². The van der Waals surface area contributed by atoms with Crippen LogP contribution in [-0.4, -0.2) is 75.5 Å². The largest absolute Gasteiger partial charge is 0.489 e. The Labute approximate surface area is 226 Å². The summed E-state index contributed by atoms with van der Waals surface area (Å²) >= 11 is 3.36. The molecule has 11 nitrogen and oxygen atoms in total. The first-order valence-electron chi connectivity index (χ1n) is 12.2. The van der Waals surface area contributed by atoms with E-state index in [1.165, 1.54) is 18.3 Å². The number of aryl methyl sites for hydroxylation is 1. The van der Waals surface area contributed by atoms with Crippen LogP contribution in [0.2, 0.25) is 0 Å². The third-order valence-electron chi connectivity index (χ3n) is 5.47. The molecule has 1 atom stereocenters. The van der Waals surface area contributed by atoms with Crippen LogP contribution in [0.25, 0.3) is 0 Å². The lowest BCUT2D eigenvalue weighted by Gasteiger charge is -2.35. The fourth-order valence-corrected chi connectivity index (χ4v) is 4.24. The third-order valence-corrected chi connectivity index (χ3v) is 5.91. The summed E-state index contributed by atoms with van der Waals surface area (Å²) in [5.74, 6) is 0.578. The molecule has 0 aliphatic carbocycles. The van der Waals surface area contributed by atoms with Gasteiger partial charge in [0.2, 0.25) is 12.2 Å². The Bertz CT molecular complexity index is 1070. The number of halogens is 1. The predicted octanol–water partition coefficient (Wildman–Crippen LogP) is 4.57. The van der Waals surface area contributed by atoms with Gasteiger partial charge in [0.25, 0.3) is 5.88 Å². The number of aromatic nitrogens is 3. The molecule has 1 amide bonds. The number of methoxy groups -OCH3 is 1. The summed E-state index contributed by atoms with van der Waals surface area (Å²) in [4.78, 5) is 29.7. The number of carbonyl (C=O) groups is 1. The van der Waals surface area contributed by atoms with Gasteiger partial charge in [0, 0.05) is 13.1 Å². The van der Waals surface area contributed by atoms with E-state index >= 15 is 0 Å². The second-order valence-corrected chi connectivity index (χ2v) is 10.8. The number of carbonyl (C=O) groups excluding carboxylic acids is 1. The van der Waals surface area contributed by atoms with Crippen LogP contribution >= 0.6 is 15.9 Å². The lowest BCUT2D eigenvalue weighted by Crippen LogP contribution is -2.46. The maximum Gasteiger partial charge on any atom is 0.420 e. The van der Waals surface area contributed by atoms with Crippen molar-refractivity contribution < 1.29 is 28.8 Å². The fraction of sp³-hybridized carbons (Fsp3) is 0.600. The van der Waals surface area contributed by atoms with Crippen molar-refractivity contribution in [2.24, 2.45) is 0 Å². The van der Waals surface area contributed by atoms with Gasteiger partial charge in [-0.2, -0.15) is 4.98 Å². The van der Waals surface area contributed by atoms with Gasteiger partial charge in [-0.05, 0) is 82.4 Å². The molecule has 1 unspecified atom stereocenters. The molecule has 1 saturated heterocycles. The Balaban J connectivity index is 1.89. The van der Waals surface area contributed by atoms with Crippen LogP contribution in [0, 0.1) is 6.92 Å². The van der Waals surface area contributed by atoms with E-state index in [1.54, 1.807) is 39.8 Å². The van der Waals surface area contributed by atoms with Crippen molar-refractivity contribution in [1.82, 2.24) is 19.9 Å². The van der Waals surface area contributed by atoms with Gasteiger partial charge in [-0.25, -0.2) is 19.7 Å². The molecule has 3 rings (SSSR count). The molecule has 0 spiro atoms. The topological polar surface area (TPSA) is 119 Å². The highest BCUT2D eigenvalue weighted by molar-refractivity contribution is 9.10. The van der Waals surface area contributed by atoms with E-state index in [0.29, 0.717) is 41.9 Å². The molecule has 12 heteroatoms. The van der Waals surface area contributed by atoms with Gasteiger partial charge in [0.15, 0.2) is 5.82 Å². The molecule has 37 heavy (non-hydrogen) atoms. The van der Waals surface area contributed by atoms with Crippen molar-refractivity contribution in [1.29, 1.82) is 0 Å². The van der Waals surface area contributed by atoms with Crippen LogP contribution in [0.4, 0.5) is 16.3 Å². The van der Waals surface area contributed by atoms with Crippen LogP contribution in [0.5, 0.6) is 11.6 Å². The summed E-state index contributed by atoms with van der Waals surface area (Å²) in [5.41, 5.74) is 0.314. The second kappa shape index (κ2) is 12.3. The summed E-state index contributed by atoms with van der Waals surface area (Å²) in [5, 5.41) is 10.2. The van der Waals surface area contributed by atoms with Crippen LogP contribution in [-0.2, 0) is 9.47 Å². The van der Waals surface area contributed by atoms with Crippen molar-refractivity contribution >= 4 is 33.5 Å². The Kier molecular flexibility index (Phi) is 9.68. The zero-order valence-corrected chi connectivity index (χ0v) is 24.0. The molecule has 1 N–H and O–H groups in total. The average molecular weight is 582 g/mol. The van der Waals surface area contributed by atoms with Gasteiger partial charge in [0.1, 0.15) is 22.6 Å². The van der Waals surface area contributed by atoms with Gasteiger partial charge < -0.3 is 24.1 Å². The first-order valence-corrected chi connectivity index (χ1v) is 13.0. The monoisotopic (exact) mass is 581 g/mol. The van der Waals surface area contributed by atoms with Gasteiger partial charge in [-0.15, -0.1) is 0 Å². The van der Waals surface area contributed by atoms with Crippen LogP contribution in [0.15, 0.2) is 23.1 Å². The van der Waals surface area contributed by atoms with E-state index in [2.05, 4.69) is 30.9 Å². The average Bonchev–Trinajstić information content (AvgIpc) is 2.79. The number of likely N-dealkylation sites (tertiary alicyclic amines) is 1. The number of aliphatic hydroxyl groups is 1. The van der Waals surface area contributed by atoms with Gasteiger partial charge in [-0.1, -0.05) is 0 Å². The van der Waals surface area contributed by atoms with E-state index in [-0.39, 0.29) is 29.7 Å². The number of anilines is 2. The lowest BCUT2D eigenvalue weighted by molar-refractivity contribution is -0.217. The zero-order valence-electron chi connectivity index (χ0n) is 22.4. The highest BCUT2D eigenvalue weighted by atomic mass is 79.9. The van der Waals surface area contributed by atoms with Crippen molar-refractivity contribution in [3.63, 3.8) is 0 Å². The number of hydrogen-bond acceptors (Lipinski definition) is 10. The minimum Gasteiger partial charge on any atom is -0.489 e. The lowest BCUT2D eigenvalue weighted by atomic mass is 10.1. The molecular formula is C25H36BrN5O6. The van der Waals surface area contributed by atoms with E-state index in [1.807, 2.05) is 18.7 Å². The number of ether oxygens (including phenoxy) is 4. The van der Waals surface area contributed by atoms with Crippen LogP contribution in [0.1, 0.15) is 53.2 Å². The quantitative estimate of drug-likeness (QED) is 0.350. The molecule has 3 heterocycles. The number of piperidine rings is 1. The number of amides is 1. The van der Waals surface area contributed by atoms with Crippen LogP contribution < -0.4 is 14.4 Å². The molecule has 0 radical (unpaired) electrons. The van der Waals surface area contributed by atoms with E-state index in [9.17, 15) is 9.90 Å². The Morgan fingerprint density at radius 3 is 2.46 bits per heavy atom. The maximum absolute atomic E-state index is 13.4. The molecule has 2 aromatic heterocycles. The Hall–Kier alpha value is -2.54. The number of rotatable bonds is 8. The van der Waals surface area contributed by atoms with E-state index < -0.39 is 18.1 Å². The summed E-state index contributed by atoms with van der Waals surface area (Å²) in [6.07, 6.45) is 0.761. The summed E-state index contributed by atoms with van der Waals surface area (Å²) < 4.78 is 23.7. The van der Waals surface area contributed by atoms with E-state index in [4.69, 9.17) is 18.9 Å². The third kappa shape index (κ3) is 7.73. The minimum atomic E-state index is -0.953. The molecule has 1 fully saturated rings. The molecule has 2 aromatic rings. The van der Waals surface area contributed by atoms with Crippen LogP contribution in [0.3, 0.4) is 0 Å². The van der Waals surface area contributed by atoms with E-state index in [0.717, 1.165) is 0 Å². The summed E-state index contributed by atoms with van der Waals surface area (Å²) in [6, 6.07) is 3.48. The zero-order chi connectivity index (χ0) is 27.3. The second-order valence-electron chi connectivity index (χ2n) is 9.95. The van der Waals surface area contributed by atoms with Gasteiger partial charge >= 0.3 is 6.09 Å². The SMILES string of the molecule is COc1c(OC2CCN(C(O)OC(C)C)CC2)ncnc1N(C(=O)OC(C)(C)C)c1ccc(Br)nc1C. The highest BCUT2D eigenvalue weighted by Gasteiger charge is 2.33. The number of aliphatic hydroxyl groups excluding tert-OH is 1. The molecular weight excluding hydrogens is 546 g/mol. The Morgan fingerprint density at radius 1 is 1.22 bits per heavy atom. The number of pyridine rings is 1. The number of nitrogens with zero attached hydrogens (tertiary/aromatic N) is 5. The standard InChI is InChI=1S/C25H36BrN5O6/c1-15(2)35-23(32)30-12-10-17(11-13-30)36-22-20(34-7)21(27-14-28-22)31(24(33)37-25(4,5)6)18-8-9-19(26)29-16(18)3/h8-9,14-15,17,23,32H,10-13H2,1-7H3.